The fourth-order valence-electron chi connectivity index (χ4n) is 2.46. The molecule has 2 rings (SSSR count). The number of rotatable bonds is 8. The topological polar surface area (TPSA) is 87.1 Å². The second-order valence-electron chi connectivity index (χ2n) is 6.37. The smallest absolute Gasteiger partial charge is 0.328 e. The van der Waals surface area contributed by atoms with Crippen LogP contribution in [0, 0.1) is 11.2 Å². The molecular weight excluding hydrogens is 373 g/mol. The van der Waals surface area contributed by atoms with Crippen molar-refractivity contribution in [3.8, 4) is 11.5 Å². The molecule has 2 aromatic rings. The molecule has 6 nitrogen and oxygen atoms in total. The lowest BCUT2D eigenvalue weighted by Crippen LogP contribution is -2.50. The summed E-state index contributed by atoms with van der Waals surface area (Å²) < 4.78 is 41.0. The van der Waals surface area contributed by atoms with Crippen molar-refractivity contribution in [2.45, 2.75) is 19.9 Å². The fraction of sp³-hybridized carbons (Fsp3) is 0.211. The van der Waals surface area contributed by atoms with Gasteiger partial charge < -0.3 is 9.84 Å². The minimum atomic E-state index is -2.58. The summed E-state index contributed by atoms with van der Waals surface area (Å²) in [6, 6.07) is 10.1. The molecule has 0 aliphatic carbocycles. The van der Waals surface area contributed by atoms with E-state index in [0.717, 1.165) is 4.31 Å². The lowest BCUT2D eigenvalue weighted by Gasteiger charge is -2.36. The van der Waals surface area contributed by atoms with Crippen molar-refractivity contribution in [1.29, 1.82) is 0 Å². The number of carbonyl (C=O) groups is 1. The van der Waals surface area contributed by atoms with Gasteiger partial charge in [0.05, 0.1) is 5.69 Å². The Bertz CT molecular complexity index is 836. The van der Waals surface area contributed by atoms with Gasteiger partial charge in [0.2, 0.25) is 0 Å². The molecule has 0 aliphatic rings. The van der Waals surface area contributed by atoms with Gasteiger partial charge in [-0.25, -0.2) is 13.4 Å². The Kier molecular flexibility index (Phi) is 6.35. The molecule has 27 heavy (non-hydrogen) atoms. The van der Waals surface area contributed by atoms with Gasteiger partial charge in [0.1, 0.15) is 17.3 Å². The van der Waals surface area contributed by atoms with Gasteiger partial charge in [-0.1, -0.05) is 19.9 Å². The van der Waals surface area contributed by atoms with Crippen LogP contribution in [0.25, 0.3) is 0 Å². The molecule has 2 N–H and O–H groups in total. The largest absolute Gasteiger partial charge is 0.480 e. The number of anilines is 1. The molecule has 0 aromatic heterocycles. The van der Waals surface area contributed by atoms with Crippen LogP contribution in [0.2, 0.25) is 0 Å². The van der Waals surface area contributed by atoms with E-state index in [2.05, 4.69) is 6.58 Å². The zero-order valence-electron chi connectivity index (χ0n) is 14.8. The minimum Gasteiger partial charge on any atom is -0.480 e. The highest BCUT2D eigenvalue weighted by Crippen LogP contribution is 2.33. The van der Waals surface area contributed by atoms with Crippen molar-refractivity contribution in [2.75, 3.05) is 4.31 Å². The van der Waals surface area contributed by atoms with Gasteiger partial charge in [-0.15, -0.1) is 6.58 Å². The molecule has 2 aromatic carbocycles. The zero-order chi connectivity index (χ0) is 20.2. The van der Waals surface area contributed by atoms with Gasteiger partial charge in [0, 0.05) is 5.41 Å². The monoisotopic (exact) mass is 393 g/mol. The van der Waals surface area contributed by atoms with Crippen LogP contribution in [-0.4, -0.2) is 25.9 Å². The van der Waals surface area contributed by atoms with E-state index in [0.29, 0.717) is 11.5 Å². The number of nitrogens with zero attached hydrogens (tertiary/aromatic N) is 1. The molecule has 0 fully saturated rings. The van der Waals surface area contributed by atoms with Gasteiger partial charge in [0.15, 0.2) is 6.04 Å². The summed E-state index contributed by atoms with van der Waals surface area (Å²) in [7, 11) is 0. The third-order valence-corrected chi connectivity index (χ3v) is 4.77. The van der Waals surface area contributed by atoms with Gasteiger partial charge in [-0.05, 0) is 48.5 Å². The minimum absolute atomic E-state index is 0.226. The van der Waals surface area contributed by atoms with Crippen LogP contribution in [0.4, 0.5) is 10.1 Å². The number of halogens is 1. The highest BCUT2D eigenvalue weighted by Gasteiger charge is 2.40. The third-order valence-electron chi connectivity index (χ3n) is 4.01. The van der Waals surface area contributed by atoms with Crippen LogP contribution < -0.4 is 9.04 Å². The molecule has 0 spiro atoms. The van der Waals surface area contributed by atoms with Crippen molar-refractivity contribution < 1.29 is 27.8 Å². The second kappa shape index (κ2) is 8.32. The van der Waals surface area contributed by atoms with Crippen LogP contribution in [0.1, 0.15) is 13.8 Å². The van der Waals surface area contributed by atoms with Crippen LogP contribution in [0.3, 0.4) is 0 Å². The van der Waals surface area contributed by atoms with E-state index in [1.165, 1.54) is 54.6 Å². The number of aliphatic carboxylic acids is 1. The van der Waals surface area contributed by atoms with Crippen LogP contribution >= 0.6 is 0 Å². The van der Waals surface area contributed by atoms with Crippen LogP contribution in [0.15, 0.2) is 61.2 Å². The number of ether oxygens (including phenoxy) is 1. The summed E-state index contributed by atoms with van der Waals surface area (Å²) in [5.41, 5.74) is -0.752. The maximum atomic E-state index is 12.9. The Morgan fingerprint density at radius 2 is 1.67 bits per heavy atom. The molecule has 8 heteroatoms. The summed E-state index contributed by atoms with van der Waals surface area (Å²) >= 11 is -2.58. The molecule has 0 amide bonds. The number of benzene rings is 2. The first-order chi connectivity index (χ1) is 12.7. The molecule has 2 atom stereocenters. The van der Waals surface area contributed by atoms with Gasteiger partial charge >= 0.3 is 5.97 Å². The maximum Gasteiger partial charge on any atom is 0.328 e. The predicted octanol–water partition coefficient (Wildman–Crippen LogP) is 4.23. The lowest BCUT2D eigenvalue weighted by molar-refractivity contribution is -0.140. The molecule has 0 bridgehead atoms. The summed E-state index contributed by atoms with van der Waals surface area (Å²) in [6.45, 7) is 6.85. The first-order valence-electron chi connectivity index (χ1n) is 7.96. The summed E-state index contributed by atoms with van der Waals surface area (Å²) in [5.74, 6) is -0.816. The Labute approximate surface area is 159 Å². The highest BCUT2D eigenvalue weighted by atomic mass is 32.2. The molecule has 0 radical (unpaired) electrons. The standard InChI is InChI=1S/C19H20FNO5S/c1-4-19(2,3)17(18(22)23)21(27(24)25)14-7-11-16(12-8-14)26-15-9-5-13(20)6-10-15/h4-12,17H,1H2,2-3H3,(H,22,23)(H,24,25). The maximum absolute atomic E-state index is 12.9. The Morgan fingerprint density at radius 3 is 2.07 bits per heavy atom. The van der Waals surface area contributed by atoms with Crippen molar-refractivity contribution in [1.82, 2.24) is 0 Å². The van der Waals surface area contributed by atoms with E-state index >= 15 is 0 Å². The number of carboxylic acid groups (broad SMARTS) is 1. The summed E-state index contributed by atoms with van der Waals surface area (Å²) in [5, 5.41) is 9.60. The Balaban J connectivity index is 2.32. The predicted molar refractivity (Wildman–Crippen MR) is 102 cm³/mol. The molecule has 144 valence electrons. The Hall–Kier alpha value is -2.71. The average molecular weight is 393 g/mol. The first-order valence-corrected chi connectivity index (χ1v) is 9.02. The fourth-order valence-corrected chi connectivity index (χ4v) is 3.31. The van der Waals surface area contributed by atoms with E-state index in [4.69, 9.17) is 4.74 Å². The number of carboxylic acids is 1. The number of hydrogen-bond acceptors (Lipinski definition) is 3. The van der Waals surface area contributed by atoms with Gasteiger partial charge in [0.25, 0.3) is 11.3 Å². The third kappa shape index (κ3) is 4.93. The van der Waals surface area contributed by atoms with E-state index < -0.39 is 28.7 Å². The van der Waals surface area contributed by atoms with Gasteiger partial charge in [-0.3, -0.25) is 8.86 Å². The zero-order valence-corrected chi connectivity index (χ0v) is 15.6. The molecule has 0 heterocycles. The van der Waals surface area contributed by atoms with Crippen molar-refractivity contribution in [2.24, 2.45) is 5.41 Å². The van der Waals surface area contributed by atoms with Crippen molar-refractivity contribution in [3.05, 3.63) is 67.0 Å². The SMILES string of the molecule is C=CC(C)(C)C(C(=O)O)N(c1ccc(Oc2ccc(F)cc2)cc1)S(=O)O. The van der Waals surface area contributed by atoms with E-state index in [1.54, 1.807) is 13.8 Å². The lowest BCUT2D eigenvalue weighted by atomic mass is 9.84. The molecule has 0 aliphatic heterocycles. The molecular formula is C19H20FNO5S. The van der Waals surface area contributed by atoms with E-state index in [-0.39, 0.29) is 11.5 Å². The first kappa shape index (κ1) is 20.6. The normalized spacial score (nSPS) is 13.5. The number of hydrogen-bond donors (Lipinski definition) is 2. The second-order valence-corrected chi connectivity index (χ2v) is 7.23. The molecule has 0 saturated carbocycles. The van der Waals surface area contributed by atoms with Crippen LogP contribution in [0.5, 0.6) is 11.5 Å². The van der Waals surface area contributed by atoms with Crippen LogP contribution in [-0.2, 0) is 16.1 Å². The highest BCUT2D eigenvalue weighted by molar-refractivity contribution is 7.80. The summed E-state index contributed by atoms with van der Waals surface area (Å²) in [4.78, 5) is 11.8. The molecule has 2 unspecified atom stereocenters. The van der Waals surface area contributed by atoms with Gasteiger partial charge in [-0.2, -0.15) is 0 Å². The quantitative estimate of drug-likeness (QED) is 0.518. The van der Waals surface area contributed by atoms with E-state index in [1.807, 2.05) is 0 Å². The average Bonchev–Trinajstić information content (AvgIpc) is 2.61. The Morgan fingerprint density at radius 1 is 1.19 bits per heavy atom. The van der Waals surface area contributed by atoms with Crippen molar-refractivity contribution in [3.63, 3.8) is 0 Å². The molecule has 0 saturated heterocycles. The summed E-state index contributed by atoms with van der Waals surface area (Å²) in [6.07, 6.45) is 1.43. The van der Waals surface area contributed by atoms with E-state index in [9.17, 15) is 23.1 Å². The van der Waals surface area contributed by atoms with Crippen molar-refractivity contribution >= 4 is 22.9 Å².